The molecule has 0 amide bonds. The van der Waals surface area contributed by atoms with Crippen molar-refractivity contribution in [1.29, 1.82) is 0 Å². The predicted octanol–water partition coefficient (Wildman–Crippen LogP) is 2.42. The molecule has 1 aromatic carbocycles. The van der Waals surface area contributed by atoms with E-state index in [4.69, 9.17) is 0 Å². The largest absolute Gasteiger partial charge is 0.391 e. The van der Waals surface area contributed by atoms with Gasteiger partial charge in [0.15, 0.2) is 0 Å². The van der Waals surface area contributed by atoms with Crippen molar-refractivity contribution in [2.75, 3.05) is 0 Å². The van der Waals surface area contributed by atoms with Crippen molar-refractivity contribution in [2.45, 2.75) is 51.3 Å². The molecule has 2 nitrogen and oxygen atoms in total. The molecule has 0 bridgehead atoms. The fraction of sp³-hybridized carbons (Fsp3) is 0.571. The molecule has 0 saturated heterocycles. The number of aliphatic hydroxyl groups excluding tert-OH is 1. The van der Waals surface area contributed by atoms with Gasteiger partial charge in [-0.1, -0.05) is 37.6 Å². The minimum atomic E-state index is -0.267. The Morgan fingerprint density at radius 1 is 1.44 bits per heavy atom. The van der Waals surface area contributed by atoms with Crippen LogP contribution in [0.4, 0.5) is 0 Å². The smallest absolute Gasteiger partial charge is 0.0775 e. The van der Waals surface area contributed by atoms with Crippen molar-refractivity contribution in [3.63, 3.8) is 0 Å². The monoisotopic (exact) mass is 219 g/mol. The Morgan fingerprint density at radius 2 is 2.19 bits per heavy atom. The molecule has 3 unspecified atom stereocenters. The number of fused-ring (bicyclic) bond motifs is 1. The standard InChI is InChI=1S/C14H21NO/c1-3-6-10(2)15-14-12-8-5-4-7-11(12)9-13(14)16/h4-5,7-8,10,13-16H,3,6,9H2,1-2H3. The summed E-state index contributed by atoms with van der Waals surface area (Å²) >= 11 is 0. The first-order valence-corrected chi connectivity index (χ1v) is 6.24. The summed E-state index contributed by atoms with van der Waals surface area (Å²) in [6.45, 7) is 4.38. The van der Waals surface area contributed by atoms with Gasteiger partial charge in [-0.05, 0) is 24.5 Å². The van der Waals surface area contributed by atoms with E-state index in [0.29, 0.717) is 6.04 Å². The van der Waals surface area contributed by atoms with Crippen LogP contribution in [0.3, 0.4) is 0 Å². The van der Waals surface area contributed by atoms with Crippen LogP contribution in [0.5, 0.6) is 0 Å². The molecule has 0 fully saturated rings. The van der Waals surface area contributed by atoms with Gasteiger partial charge in [0.1, 0.15) is 0 Å². The lowest BCUT2D eigenvalue weighted by Gasteiger charge is -2.22. The van der Waals surface area contributed by atoms with Crippen molar-refractivity contribution < 1.29 is 5.11 Å². The number of aliphatic hydroxyl groups is 1. The number of benzene rings is 1. The zero-order valence-electron chi connectivity index (χ0n) is 10.1. The van der Waals surface area contributed by atoms with Gasteiger partial charge in [-0.25, -0.2) is 0 Å². The Hall–Kier alpha value is -0.860. The normalized spacial score (nSPS) is 25.4. The first-order valence-electron chi connectivity index (χ1n) is 6.24. The fourth-order valence-electron chi connectivity index (χ4n) is 2.60. The Bertz CT molecular complexity index is 350. The van der Waals surface area contributed by atoms with Crippen molar-refractivity contribution >= 4 is 0 Å². The third-order valence-electron chi connectivity index (χ3n) is 3.39. The summed E-state index contributed by atoms with van der Waals surface area (Å²) in [5.74, 6) is 0. The molecular weight excluding hydrogens is 198 g/mol. The first-order chi connectivity index (χ1) is 7.72. The zero-order chi connectivity index (χ0) is 11.5. The van der Waals surface area contributed by atoms with Crippen LogP contribution in [0.25, 0.3) is 0 Å². The second kappa shape index (κ2) is 4.98. The highest BCUT2D eigenvalue weighted by atomic mass is 16.3. The van der Waals surface area contributed by atoms with Gasteiger partial charge < -0.3 is 10.4 Å². The van der Waals surface area contributed by atoms with Crippen molar-refractivity contribution in [3.8, 4) is 0 Å². The zero-order valence-corrected chi connectivity index (χ0v) is 10.1. The van der Waals surface area contributed by atoms with Crippen LogP contribution in [0.2, 0.25) is 0 Å². The molecule has 2 rings (SSSR count). The van der Waals surface area contributed by atoms with E-state index in [1.54, 1.807) is 0 Å². The number of nitrogens with one attached hydrogen (secondary N) is 1. The molecule has 0 spiro atoms. The van der Waals surface area contributed by atoms with Gasteiger partial charge in [-0.2, -0.15) is 0 Å². The van der Waals surface area contributed by atoms with E-state index in [-0.39, 0.29) is 12.1 Å². The van der Waals surface area contributed by atoms with E-state index in [0.717, 1.165) is 12.8 Å². The fourth-order valence-corrected chi connectivity index (χ4v) is 2.60. The van der Waals surface area contributed by atoms with Gasteiger partial charge >= 0.3 is 0 Å². The van der Waals surface area contributed by atoms with Crippen LogP contribution in [-0.2, 0) is 6.42 Å². The van der Waals surface area contributed by atoms with E-state index in [1.165, 1.54) is 17.5 Å². The molecular formula is C14H21NO. The van der Waals surface area contributed by atoms with E-state index in [9.17, 15) is 5.11 Å². The van der Waals surface area contributed by atoms with E-state index >= 15 is 0 Å². The van der Waals surface area contributed by atoms with Crippen molar-refractivity contribution in [3.05, 3.63) is 35.4 Å². The quantitative estimate of drug-likeness (QED) is 0.815. The number of rotatable bonds is 4. The predicted molar refractivity (Wildman–Crippen MR) is 66.4 cm³/mol. The number of hydrogen-bond donors (Lipinski definition) is 2. The molecule has 1 aromatic rings. The van der Waals surface area contributed by atoms with Crippen molar-refractivity contribution in [2.24, 2.45) is 0 Å². The van der Waals surface area contributed by atoms with Gasteiger partial charge in [0.2, 0.25) is 0 Å². The van der Waals surface area contributed by atoms with Crippen LogP contribution < -0.4 is 5.32 Å². The van der Waals surface area contributed by atoms with E-state index in [1.807, 2.05) is 6.07 Å². The van der Waals surface area contributed by atoms with Gasteiger partial charge in [-0.15, -0.1) is 0 Å². The third-order valence-corrected chi connectivity index (χ3v) is 3.39. The summed E-state index contributed by atoms with van der Waals surface area (Å²) in [4.78, 5) is 0. The molecule has 16 heavy (non-hydrogen) atoms. The minimum Gasteiger partial charge on any atom is -0.391 e. The lowest BCUT2D eigenvalue weighted by molar-refractivity contribution is 0.135. The average Bonchev–Trinajstić information content (AvgIpc) is 2.56. The molecule has 0 aromatic heterocycles. The summed E-state index contributed by atoms with van der Waals surface area (Å²) in [5.41, 5.74) is 2.56. The molecule has 0 heterocycles. The van der Waals surface area contributed by atoms with Crippen LogP contribution in [0.15, 0.2) is 24.3 Å². The molecule has 1 aliphatic carbocycles. The van der Waals surface area contributed by atoms with E-state index in [2.05, 4.69) is 37.4 Å². The molecule has 88 valence electrons. The van der Waals surface area contributed by atoms with Gasteiger partial charge in [0.25, 0.3) is 0 Å². The maximum Gasteiger partial charge on any atom is 0.0775 e. The van der Waals surface area contributed by atoms with Gasteiger partial charge in [0, 0.05) is 12.5 Å². The summed E-state index contributed by atoms with van der Waals surface area (Å²) in [5, 5.41) is 13.6. The molecule has 2 heteroatoms. The minimum absolute atomic E-state index is 0.123. The Balaban J connectivity index is 2.10. The molecule has 2 N–H and O–H groups in total. The maximum absolute atomic E-state index is 10.1. The van der Waals surface area contributed by atoms with Gasteiger partial charge in [-0.3, -0.25) is 0 Å². The van der Waals surface area contributed by atoms with Crippen molar-refractivity contribution in [1.82, 2.24) is 5.32 Å². The summed E-state index contributed by atoms with van der Waals surface area (Å²) < 4.78 is 0. The van der Waals surface area contributed by atoms with E-state index < -0.39 is 0 Å². The summed E-state index contributed by atoms with van der Waals surface area (Å²) in [7, 11) is 0. The summed E-state index contributed by atoms with van der Waals surface area (Å²) in [6.07, 6.45) is 2.85. The number of hydrogen-bond acceptors (Lipinski definition) is 2. The lowest BCUT2D eigenvalue weighted by Crippen LogP contribution is -2.35. The first kappa shape index (κ1) is 11.6. The lowest BCUT2D eigenvalue weighted by atomic mass is 10.1. The molecule has 3 atom stereocenters. The van der Waals surface area contributed by atoms with Crippen LogP contribution in [0.1, 0.15) is 43.9 Å². The highest BCUT2D eigenvalue weighted by Gasteiger charge is 2.30. The molecule has 0 radical (unpaired) electrons. The highest BCUT2D eigenvalue weighted by molar-refractivity contribution is 5.36. The molecule has 1 aliphatic rings. The Kier molecular flexibility index (Phi) is 3.62. The SMILES string of the molecule is CCCC(C)NC1c2ccccc2CC1O. The second-order valence-corrected chi connectivity index (χ2v) is 4.80. The second-order valence-electron chi connectivity index (χ2n) is 4.80. The average molecular weight is 219 g/mol. The Labute approximate surface area is 97.7 Å². The molecule has 0 aliphatic heterocycles. The van der Waals surface area contributed by atoms with Gasteiger partial charge in [0.05, 0.1) is 12.1 Å². The van der Waals surface area contributed by atoms with Crippen LogP contribution >= 0.6 is 0 Å². The Morgan fingerprint density at radius 3 is 2.94 bits per heavy atom. The maximum atomic E-state index is 10.1. The molecule has 0 saturated carbocycles. The van der Waals surface area contributed by atoms with Crippen LogP contribution in [0, 0.1) is 0 Å². The topological polar surface area (TPSA) is 32.3 Å². The highest BCUT2D eigenvalue weighted by Crippen LogP contribution is 2.31. The third kappa shape index (κ3) is 2.28. The van der Waals surface area contributed by atoms with Crippen LogP contribution in [-0.4, -0.2) is 17.3 Å². The summed E-state index contributed by atoms with van der Waals surface area (Å²) in [6, 6.07) is 8.93.